The van der Waals surface area contributed by atoms with Crippen LogP contribution in [0.1, 0.15) is 31.1 Å². The summed E-state index contributed by atoms with van der Waals surface area (Å²) in [5.74, 6) is 1.08. The molecule has 2 heterocycles. The first kappa shape index (κ1) is 12.0. The zero-order valence-corrected chi connectivity index (χ0v) is 10.0. The van der Waals surface area contributed by atoms with E-state index in [9.17, 15) is 0 Å². The summed E-state index contributed by atoms with van der Waals surface area (Å²) in [4.78, 5) is 6.52. The lowest BCUT2D eigenvalue weighted by Crippen LogP contribution is -2.36. The Morgan fingerprint density at radius 2 is 2.12 bits per heavy atom. The fourth-order valence-corrected chi connectivity index (χ4v) is 2.29. The van der Waals surface area contributed by atoms with Crippen molar-refractivity contribution in [2.45, 2.75) is 25.3 Å². The SMILES string of the molecule is NC(N)=NC[C@H](c1ccco1)N1CCCCC1. The molecule has 0 saturated carbocycles. The number of hydrogen-bond acceptors (Lipinski definition) is 3. The van der Waals surface area contributed by atoms with Crippen molar-refractivity contribution >= 4 is 5.96 Å². The van der Waals surface area contributed by atoms with Gasteiger partial charge < -0.3 is 15.9 Å². The maximum Gasteiger partial charge on any atom is 0.185 e. The number of nitrogens with two attached hydrogens (primary N) is 2. The van der Waals surface area contributed by atoms with Gasteiger partial charge >= 0.3 is 0 Å². The van der Waals surface area contributed by atoms with Crippen molar-refractivity contribution in [3.8, 4) is 0 Å². The molecule has 0 bridgehead atoms. The second-order valence-electron chi connectivity index (χ2n) is 4.39. The summed E-state index contributed by atoms with van der Waals surface area (Å²) in [6, 6.07) is 4.05. The summed E-state index contributed by atoms with van der Waals surface area (Å²) < 4.78 is 5.49. The van der Waals surface area contributed by atoms with Gasteiger partial charge in [-0.3, -0.25) is 9.89 Å². The van der Waals surface area contributed by atoms with Gasteiger partial charge in [-0.15, -0.1) is 0 Å². The number of piperidine rings is 1. The quantitative estimate of drug-likeness (QED) is 0.605. The standard InChI is InChI=1S/C12H20N4O/c13-12(14)15-9-10(11-5-4-8-17-11)16-6-2-1-3-7-16/h4-5,8,10H,1-3,6-7,9H2,(H4,13,14,15)/t10-/m1/s1. The number of likely N-dealkylation sites (tertiary alicyclic amines) is 1. The first-order valence-electron chi connectivity index (χ1n) is 6.10. The molecule has 0 aliphatic carbocycles. The average Bonchev–Trinajstić information content (AvgIpc) is 2.84. The van der Waals surface area contributed by atoms with Gasteiger partial charge in [0.05, 0.1) is 18.8 Å². The van der Waals surface area contributed by atoms with E-state index in [1.165, 1.54) is 19.3 Å². The number of rotatable bonds is 4. The van der Waals surface area contributed by atoms with Crippen LogP contribution in [-0.4, -0.2) is 30.5 Å². The van der Waals surface area contributed by atoms with E-state index in [0.717, 1.165) is 18.8 Å². The minimum absolute atomic E-state index is 0.138. The molecule has 17 heavy (non-hydrogen) atoms. The van der Waals surface area contributed by atoms with Crippen molar-refractivity contribution in [3.63, 3.8) is 0 Å². The van der Waals surface area contributed by atoms with Gasteiger partial charge in [0.25, 0.3) is 0 Å². The Labute approximate surface area is 101 Å². The molecule has 1 aromatic heterocycles. The van der Waals surface area contributed by atoms with Crippen LogP contribution < -0.4 is 11.5 Å². The zero-order valence-electron chi connectivity index (χ0n) is 10.0. The summed E-state index contributed by atoms with van der Waals surface area (Å²) in [6.45, 7) is 2.74. The maximum atomic E-state index is 5.49. The smallest absolute Gasteiger partial charge is 0.185 e. The van der Waals surface area contributed by atoms with Gasteiger partial charge in [0.2, 0.25) is 0 Å². The van der Waals surface area contributed by atoms with Gasteiger partial charge in [-0.05, 0) is 38.1 Å². The lowest BCUT2D eigenvalue weighted by atomic mass is 10.1. The largest absolute Gasteiger partial charge is 0.468 e. The monoisotopic (exact) mass is 236 g/mol. The molecular weight excluding hydrogens is 216 g/mol. The van der Waals surface area contributed by atoms with Gasteiger partial charge in [-0.1, -0.05) is 6.42 Å². The molecule has 1 fully saturated rings. The summed E-state index contributed by atoms with van der Waals surface area (Å²) in [5, 5.41) is 0. The highest BCUT2D eigenvalue weighted by atomic mass is 16.3. The van der Waals surface area contributed by atoms with Crippen LogP contribution in [0.2, 0.25) is 0 Å². The fraction of sp³-hybridized carbons (Fsp3) is 0.583. The normalized spacial score (nSPS) is 18.8. The van der Waals surface area contributed by atoms with Crippen LogP contribution in [-0.2, 0) is 0 Å². The van der Waals surface area contributed by atoms with Gasteiger partial charge in [-0.25, -0.2) is 0 Å². The molecule has 0 spiro atoms. The first-order valence-corrected chi connectivity index (χ1v) is 6.10. The Kier molecular flexibility index (Phi) is 4.03. The molecule has 0 radical (unpaired) electrons. The van der Waals surface area contributed by atoms with Crippen LogP contribution in [0, 0.1) is 0 Å². The number of furan rings is 1. The predicted molar refractivity (Wildman–Crippen MR) is 67.5 cm³/mol. The van der Waals surface area contributed by atoms with E-state index in [1.807, 2.05) is 12.1 Å². The first-order chi connectivity index (χ1) is 8.27. The van der Waals surface area contributed by atoms with Crippen molar-refractivity contribution in [3.05, 3.63) is 24.2 Å². The second kappa shape index (κ2) is 5.72. The third kappa shape index (κ3) is 3.23. The van der Waals surface area contributed by atoms with E-state index in [-0.39, 0.29) is 12.0 Å². The summed E-state index contributed by atoms with van der Waals surface area (Å²) in [6.07, 6.45) is 5.48. The highest BCUT2D eigenvalue weighted by Gasteiger charge is 2.23. The summed E-state index contributed by atoms with van der Waals surface area (Å²) in [7, 11) is 0. The minimum Gasteiger partial charge on any atom is -0.468 e. The maximum absolute atomic E-state index is 5.49. The van der Waals surface area contributed by atoms with Crippen LogP contribution in [0.3, 0.4) is 0 Å². The molecule has 5 nitrogen and oxygen atoms in total. The Balaban J connectivity index is 2.08. The van der Waals surface area contributed by atoms with Gasteiger partial charge in [0.15, 0.2) is 5.96 Å². The van der Waals surface area contributed by atoms with Gasteiger partial charge in [0, 0.05) is 0 Å². The molecule has 1 aromatic rings. The number of hydrogen-bond donors (Lipinski definition) is 2. The molecule has 1 atom stereocenters. The second-order valence-corrected chi connectivity index (χ2v) is 4.39. The lowest BCUT2D eigenvalue weighted by Gasteiger charge is -2.32. The van der Waals surface area contributed by atoms with E-state index in [0.29, 0.717) is 6.54 Å². The van der Waals surface area contributed by atoms with E-state index >= 15 is 0 Å². The molecule has 94 valence electrons. The summed E-state index contributed by atoms with van der Waals surface area (Å²) in [5.41, 5.74) is 10.8. The molecular formula is C12H20N4O. The highest BCUT2D eigenvalue weighted by molar-refractivity contribution is 5.75. The van der Waals surface area contributed by atoms with Crippen LogP contribution >= 0.6 is 0 Å². The molecule has 1 aliphatic heterocycles. The predicted octanol–water partition coefficient (Wildman–Crippen LogP) is 1.08. The molecule has 0 amide bonds. The van der Waals surface area contributed by atoms with Crippen molar-refractivity contribution in [2.75, 3.05) is 19.6 Å². The number of nitrogens with zero attached hydrogens (tertiary/aromatic N) is 2. The average molecular weight is 236 g/mol. The van der Waals surface area contributed by atoms with Crippen molar-refractivity contribution < 1.29 is 4.42 Å². The van der Waals surface area contributed by atoms with Gasteiger partial charge in [0.1, 0.15) is 5.76 Å². The Morgan fingerprint density at radius 1 is 1.35 bits per heavy atom. The zero-order chi connectivity index (χ0) is 12.1. The van der Waals surface area contributed by atoms with Crippen molar-refractivity contribution in [1.82, 2.24) is 4.90 Å². The molecule has 2 rings (SSSR count). The van der Waals surface area contributed by atoms with Crippen LogP contribution in [0.4, 0.5) is 0 Å². The van der Waals surface area contributed by atoms with Crippen molar-refractivity contribution in [1.29, 1.82) is 0 Å². The topological polar surface area (TPSA) is 80.8 Å². The molecule has 0 aromatic carbocycles. The Bertz CT molecular complexity index is 351. The third-order valence-electron chi connectivity index (χ3n) is 3.15. The van der Waals surface area contributed by atoms with Gasteiger partial charge in [-0.2, -0.15) is 0 Å². The molecule has 4 N–H and O–H groups in total. The molecule has 1 aliphatic rings. The highest BCUT2D eigenvalue weighted by Crippen LogP contribution is 2.25. The number of aliphatic imine (C=N–C) groups is 1. The fourth-order valence-electron chi connectivity index (χ4n) is 2.29. The Morgan fingerprint density at radius 3 is 2.71 bits per heavy atom. The van der Waals surface area contributed by atoms with Crippen molar-refractivity contribution in [2.24, 2.45) is 16.5 Å². The molecule has 1 saturated heterocycles. The van der Waals surface area contributed by atoms with E-state index in [1.54, 1.807) is 6.26 Å². The third-order valence-corrected chi connectivity index (χ3v) is 3.15. The lowest BCUT2D eigenvalue weighted by molar-refractivity contribution is 0.150. The van der Waals surface area contributed by atoms with Crippen LogP contribution in [0.25, 0.3) is 0 Å². The van der Waals surface area contributed by atoms with E-state index in [2.05, 4.69) is 9.89 Å². The van der Waals surface area contributed by atoms with Crippen LogP contribution in [0.5, 0.6) is 0 Å². The molecule has 5 heteroatoms. The summed E-state index contributed by atoms with van der Waals surface area (Å²) >= 11 is 0. The number of guanidine groups is 1. The Hall–Kier alpha value is -1.49. The van der Waals surface area contributed by atoms with Crippen LogP contribution in [0.15, 0.2) is 27.8 Å². The van der Waals surface area contributed by atoms with E-state index in [4.69, 9.17) is 15.9 Å². The molecule has 0 unspecified atom stereocenters. The minimum atomic E-state index is 0.138. The van der Waals surface area contributed by atoms with E-state index < -0.39 is 0 Å².